The van der Waals surface area contributed by atoms with Crippen LogP contribution in [0.4, 0.5) is 0 Å². The molecule has 0 radical (unpaired) electrons. The molecule has 1 rings (SSSR count). The van der Waals surface area contributed by atoms with Crippen LogP contribution in [-0.2, 0) is 10.8 Å². The van der Waals surface area contributed by atoms with Crippen LogP contribution in [0.1, 0.15) is 44.6 Å². The number of aliphatic carboxylic acids is 1. The van der Waals surface area contributed by atoms with Crippen molar-refractivity contribution in [3.63, 3.8) is 0 Å². The second-order valence-electron chi connectivity index (χ2n) is 6.86. The molecule has 3 heteroatoms. The molecule has 0 spiro atoms. The molecule has 0 fully saturated rings. The fourth-order valence-corrected chi connectivity index (χ4v) is 4.92. The number of rotatable bonds is 10. The van der Waals surface area contributed by atoms with E-state index < -0.39 is 14.0 Å². The van der Waals surface area contributed by atoms with Gasteiger partial charge in [0.25, 0.3) is 0 Å². The Morgan fingerprint density at radius 3 is 2.50 bits per heavy atom. The van der Waals surface area contributed by atoms with Crippen LogP contribution in [0.5, 0.6) is 0 Å². The van der Waals surface area contributed by atoms with E-state index in [1.54, 1.807) is 0 Å². The zero-order chi connectivity index (χ0) is 16.4. The number of carbonyl (C=O) groups is 1. The third kappa shape index (κ3) is 8.18. The number of hydrogen-bond acceptors (Lipinski definition) is 1. The summed E-state index contributed by atoms with van der Waals surface area (Å²) in [5.41, 5.74) is 3.73. The molecule has 0 aromatic heterocycles. The Kier molecular flexibility index (Phi) is 8.18. The van der Waals surface area contributed by atoms with Crippen LogP contribution in [0, 0.1) is 5.92 Å². The van der Waals surface area contributed by atoms with Crippen molar-refractivity contribution in [2.24, 2.45) is 5.92 Å². The average molecular weight is 319 g/mol. The largest absolute Gasteiger partial charge is 0.481 e. The molecule has 0 saturated carbocycles. The van der Waals surface area contributed by atoms with Crippen LogP contribution in [0.25, 0.3) is 0 Å². The molecule has 0 aliphatic carbocycles. The van der Waals surface area contributed by atoms with Crippen LogP contribution in [0.15, 0.2) is 42.1 Å². The Bertz CT molecular complexity index is 466. The van der Waals surface area contributed by atoms with Crippen molar-refractivity contribution in [3.8, 4) is 0 Å². The van der Waals surface area contributed by atoms with E-state index in [4.69, 9.17) is 5.11 Å². The smallest absolute Gasteiger partial charge is 0.303 e. The summed E-state index contributed by atoms with van der Waals surface area (Å²) in [6.45, 7) is 6.87. The first kappa shape index (κ1) is 18.7. The first-order valence-electron chi connectivity index (χ1n) is 8.38. The van der Waals surface area contributed by atoms with Crippen LogP contribution in [-0.4, -0.2) is 19.1 Å². The first-order chi connectivity index (χ1) is 10.4. The summed E-state index contributed by atoms with van der Waals surface area (Å²) >= 11 is 0. The SMILES string of the molecule is CCCCCC(/C=C\[Si](C)(C)Cc1ccccc1)CC(=O)O. The van der Waals surface area contributed by atoms with Gasteiger partial charge in [0.05, 0.1) is 14.5 Å². The highest BCUT2D eigenvalue weighted by molar-refractivity contribution is 6.81. The summed E-state index contributed by atoms with van der Waals surface area (Å²) in [7, 11) is -1.48. The number of unbranched alkanes of at least 4 members (excludes halogenated alkanes) is 2. The van der Waals surface area contributed by atoms with Gasteiger partial charge in [-0.1, -0.05) is 87.0 Å². The van der Waals surface area contributed by atoms with Gasteiger partial charge in [0.15, 0.2) is 0 Å². The molecule has 1 aromatic carbocycles. The Hall–Kier alpha value is -1.35. The molecule has 0 aliphatic rings. The Morgan fingerprint density at radius 1 is 1.23 bits per heavy atom. The van der Waals surface area contributed by atoms with Gasteiger partial charge in [-0.05, 0) is 18.4 Å². The van der Waals surface area contributed by atoms with Gasteiger partial charge in [-0.15, -0.1) is 0 Å². The quantitative estimate of drug-likeness (QED) is 0.473. The molecule has 0 amide bonds. The van der Waals surface area contributed by atoms with E-state index in [1.807, 2.05) is 6.07 Å². The van der Waals surface area contributed by atoms with Crippen LogP contribution >= 0.6 is 0 Å². The molecule has 0 bridgehead atoms. The summed E-state index contributed by atoms with van der Waals surface area (Å²) in [5, 5.41) is 9.08. The Morgan fingerprint density at radius 2 is 1.91 bits per heavy atom. The minimum atomic E-state index is -1.48. The van der Waals surface area contributed by atoms with Crippen LogP contribution in [0.3, 0.4) is 0 Å². The topological polar surface area (TPSA) is 37.3 Å². The van der Waals surface area contributed by atoms with Gasteiger partial charge in [-0.25, -0.2) is 0 Å². The normalized spacial score (nSPS) is 13.4. The standard InChI is InChI=1S/C19H30O2Si/c1-4-5-7-10-17(15-19(20)21)13-14-22(2,3)16-18-11-8-6-9-12-18/h6,8-9,11-14,17H,4-5,7,10,15-16H2,1-3H3,(H,20,21)/b14-13-. The summed E-state index contributed by atoms with van der Waals surface area (Å²) in [5.74, 6) is -0.500. The van der Waals surface area contributed by atoms with Crippen molar-refractivity contribution in [2.45, 2.75) is 58.2 Å². The van der Waals surface area contributed by atoms with E-state index in [-0.39, 0.29) is 12.3 Å². The van der Waals surface area contributed by atoms with Crippen LogP contribution in [0.2, 0.25) is 13.1 Å². The van der Waals surface area contributed by atoms with Gasteiger partial charge in [-0.3, -0.25) is 4.79 Å². The van der Waals surface area contributed by atoms with Crippen molar-refractivity contribution >= 4 is 14.0 Å². The second kappa shape index (κ2) is 9.62. The van der Waals surface area contributed by atoms with Crippen molar-refractivity contribution in [3.05, 3.63) is 47.7 Å². The van der Waals surface area contributed by atoms with E-state index >= 15 is 0 Å². The highest BCUT2D eigenvalue weighted by Crippen LogP contribution is 2.19. The zero-order valence-electron chi connectivity index (χ0n) is 14.2. The lowest BCUT2D eigenvalue weighted by atomic mass is 9.98. The minimum absolute atomic E-state index is 0.187. The third-order valence-corrected chi connectivity index (χ3v) is 6.35. The molecule has 2 nitrogen and oxygen atoms in total. The molecular weight excluding hydrogens is 288 g/mol. The first-order valence-corrected chi connectivity index (χ1v) is 11.7. The Balaban J connectivity index is 2.63. The molecular formula is C19H30O2Si. The van der Waals surface area contributed by atoms with E-state index in [2.05, 4.69) is 56.1 Å². The molecule has 0 aliphatic heterocycles. The third-order valence-electron chi connectivity index (χ3n) is 3.94. The van der Waals surface area contributed by atoms with Crippen molar-refractivity contribution in [1.29, 1.82) is 0 Å². The monoisotopic (exact) mass is 318 g/mol. The lowest BCUT2D eigenvalue weighted by Gasteiger charge is -2.19. The van der Waals surface area contributed by atoms with Gasteiger partial charge in [-0.2, -0.15) is 0 Å². The lowest BCUT2D eigenvalue weighted by Crippen LogP contribution is -2.27. The van der Waals surface area contributed by atoms with Crippen molar-refractivity contribution < 1.29 is 9.90 Å². The average Bonchev–Trinajstić information content (AvgIpc) is 2.45. The lowest BCUT2D eigenvalue weighted by molar-refractivity contribution is -0.137. The molecule has 1 unspecified atom stereocenters. The van der Waals surface area contributed by atoms with Crippen molar-refractivity contribution in [2.75, 3.05) is 0 Å². The molecule has 1 atom stereocenters. The number of allylic oxidation sites excluding steroid dienone is 1. The second-order valence-corrected chi connectivity index (χ2v) is 11.5. The summed E-state index contributed by atoms with van der Waals surface area (Å²) < 4.78 is 0. The molecule has 1 N–H and O–H groups in total. The van der Waals surface area contributed by atoms with E-state index in [1.165, 1.54) is 18.4 Å². The fourth-order valence-electron chi connectivity index (χ4n) is 2.72. The number of carboxylic acid groups (broad SMARTS) is 1. The number of benzene rings is 1. The predicted octanol–water partition coefficient (Wildman–Crippen LogP) is 5.24. The van der Waals surface area contributed by atoms with Gasteiger partial charge >= 0.3 is 5.97 Å². The predicted molar refractivity (Wildman–Crippen MR) is 96.7 cm³/mol. The molecule has 0 heterocycles. The highest BCUT2D eigenvalue weighted by Gasteiger charge is 2.19. The maximum absolute atomic E-state index is 11.0. The van der Waals surface area contributed by atoms with E-state index in [0.29, 0.717) is 0 Å². The van der Waals surface area contributed by atoms with Gasteiger partial charge in [0, 0.05) is 0 Å². The van der Waals surface area contributed by atoms with Gasteiger partial charge < -0.3 is 5.11 Å². The van der Waals surface area contributed by atoms with Gasteiger partial charge in [0.2, 0.25) is 0 Å². The fraction of sp³-hybridized carbons (Fsp3) is 0.526. The number of hydrogen-bond donors (Lipinski definition) is 1. The van der Waals surface area contributed by atoms with Crippen molar-refractivity contribution in [1.82, 2.24) is 0 Å². The number of carboxylic acids is 1. The maximum Gasteiger partial charge on any atom is 0.303 e. The summed E-state index contributed by atoms with van der Waals surface area (Å²) in [6, 6.07) is 11.7. The molecule has 1 aromatic rings. The van der Waals surface area contributed by atoms with Gasteiger partial charge in [0.1, 0.15) is 0 Å². The van der Waals surface area contributed by atoms with E-state index in [9.17, 15) is 4.79 Å². The molecule has 0 saturated heterocycles. The maximum atomic E-state index is 11.0. The minimum Gasteiger partial charge on any atom is -0.481 e. The Labute approximate surface area is 136 Å². The zero-order valence-corrected chi connectivity index (χ0v) is 15.2. The van der Waals surface area contributed by atoms with E-state index in [0.717, 1.165) is 18.9 Å². The molecule has 122 valence electrons. The van der Waals surface area contributed by atoms with Crippen LogP contribution < -0.4 is 0 Å². The molecule has 22 heavy (non-hydrogen) atoms. The summed E-state index contributed by atoms with van der Waals surface area (Å²) in [4.78, 5) is 11.0. The summed E-state index contributed by atoms with van der Waals surface area (Å²) in [6.07, 6.45) is 6.94. The highest BCUT2D eigenvalue weighted by atomic mass is 28.3.